The molecule has 0 aromatic heterocycles. The molecule has 126 valence electrons. The highest BCUT2D eigenvalue weighted by Crippen LogP contribution is 2.31. The number of carbonyl (C=O) groups is 1. The second kappa shape index (κ2) is 6.68. The van der Waals surface area contributed by atoms with E-state index < -0.39 is 0 Å². The fourth-order valence-electron chi connectivity index (χ4n) is 3.62. The van der Waals surface area contributed by atoms with Crippen LogP contribution in [-0.4, -0.2) is 20.0 Å². The van der Waals surface area contributed by atoms with Gasteiger partial charge in [-0.25, -0.2) is 0 Å². The molecule has 24 heavy (non-hydrogen) atoms. The minimum absolute atomic E-state index is 0.0400. The van der Waals surface area contributed by atoms with E-state index in [4.69, 9.17) is 9.47 Å². The van der Waals surface area contributed by atoms with Crippen LogP contribution in [0, 0.1) is 12.8 Å². The Kier molecular flexibility index (Phi) is 4.61. The molecule has 1 atom stereocenters. The van der Waals surface area contributed by atoms with E-state index in [1.807, 2.05) is 32.0 Å². The van der Waals surface area contributed by atoms with E-state index in [0.717, 1.165) is 47.5 Å². The Balaban J connectivity index is 2.11. The minimum Gasteiger partial charge on any atom is -0.497 e. The van der Waals surface area contributed by atoms with Gasteiger partial charge in [-0.05, 0) is 72.7 Å². The maximum absolute atomic E-state index is 13.0. The third kappa shape index (κ3) is 2.91. The van der Waals surface area contributed by atoms with E-state index in [0.29, 0.717) is 0 Å². The maximum atomic E-state index is 13.0. The van der Waals surface area contributed by atoms with E-state index in [-0.39, 0.29) is 11.7 Å². The number of ketones is 1. The molecule has 0 spiro atoms. The molecule has 3 heteroatoms. The number of fused-ring (bicyclic) bond motifs is 2. The number of hydrogen-bond acceptors (Lipinski definition) is 3. The summed E-state index contributed by atoms with van der Waals surface area (Å²) in [5.41, 5.74) is 5.54. The molecule has 0 saturated heterocycles. The van der Waals surface area contributed by atoms with Gasteiger partial charge in [-0.15, -0.1) is 0 Å². The van der Waals surface area contributed by atoms with Crippen LogP contribution in [0.25, 0.3) is 0 Å². The summed E-state index contributed by atoms with van der Waals surface area (Å²) in [5.74, 6) is 1.90. The quantitative estimate of drug-likeness (QED) is 0.831. The summed E-state index contributed by atoms with van der Waals surface area (Å²) in [4.78, 5) is 13.0. The summed E-state index contributed by atoms with van der Waals surface area (Å²) in [7, 11) is 3.36. The topological polar surface area (TPSA) is 35.5 Å². The Morgan fingerprint density at radius 2 is 1.79 bits per heavy atom. The van der Waals surface area contributed by atoms with E-state index in [9.17, 15) is 4.79 Å². The third-order valence-electron chi connectivity index (χ3n) is 5.07. The van der Waals surface area contributed by atoms with Crippen molar-refractivity contribution in [1.82, 2.24) is 0 Å². The zero-order chi connectivity index (χ0) is 17.3. The molecule has 0 saturated carbocycles. The molecule has 0 amide bonds. The number of carbonyl (C=O) groups excluding carboxylic acids is 1. The summed E-state index contributed by atoms with van der Waals surface area (Å²) in [6.45, 7) is 4.06. The number of benzene rings is 2. The molecule has 0 heterocycles. The van der Waals surface area contributed by atoms with Crippen molar-refractivity contribution in [3.63, 3.8) is 0 Å². The Bertz CT molecular complexity index is 777. The average Bonchev–Trinajstić information content (AvgIpc) is 2.64. The van der Waals surface area contributed by atoms with E-state index in [1.54, 1.807) is 14.2 Å². The predicted octanol–water partition coefficient (Wildman–Crippen LogP) is 4.17. The molecule has 0 radical (unpaired) electrons. The SMILES string of the molecule is COc1ccc2c(c1)CCc1c(ccc(OC)c1C)C(=O)C(C)C2. The minimum atomic E-state index is -0.0400. The molecule has 3 nitrogen and oxygen atoms in total. The standard InChI is InChI=1S/C21H24O3/c1-13-11-15-5-7-17(23-3)12-16(15)6-8-18-14(2)20(24-4)10-9-19(18)21(13)22/h5,7,9-10,12-13H,6,8,11H2,1-4H3. The lowest BCUT2D eigenvalue weighted by Gasteiger charge is -2.16. The molecule has 0 N–H and O–H groups in total. The smallest absolute Gasteiger partial charge is 0.166 e. The van der Waals surface area contributed by atoms with Gasteiger partial charge >= 0.3 is 0 Å². The highest BCUT2D eigenvalue weighted by Gasteiger charge is 2.24. The average molecular weight is 324 g/mol. The van der Waals surface area contributed by atoms with Crippen LogP contribution in [0.4, 0.5) is 0 Å². The molecule has 0 fully saturated rings. The fraction of sp³-hybridized carbons (Fsp3) is 0.381. The molecule has 0 bridgehead atoms. The molecule has 1 aliphatic rings. The lowest BCUT2D eigenvalue weighted by Crippen LogP contribution is -2.16. The zero-order valence-corrected chi connectivity index (χ0v) is 14.8. The number of aryl methyl sites for hydroxylation is 1. The first-order chi connectivity index (χ1) is 11.5. The lowest BCUT2D eigenvalue weighted by molar-refractivity contribution is 0.0928. The van der Waals surface area contributed by atoms with Gasteiger partial charge in [-0.2, -0.15) is 0 Å². The van der Waals surface area contributed by atoms with Gasteiger partial charge in [-0.3, -0.25) is 4.79 Å². The summed E-state index contributed by atoms with van der Waals surface area (Å²) in [6.07, 6.45) is 2.49. The summed E-state index contributed by atoms with van der Waals surface area (Å²) in [6, 6.07) is 10.0. The van der Waals surface area contributed by atoms with Crippen molar-refractivity contribution >= 4 is 5.78 Å². The Morgan fingerprint density at radius 3 is 2.50 bits per heavy atom. The van der Waals surface area contributed by atoms with Gasteiger partial charge in [0.05, 0.1) is 14.2 Å². The molecule has 1 aliphatic carbocycles. The van der Waals surface area contributed by atoms with Gasteiger partial charge in [0, 0.05) is 11.5 Å². The Morgan fingerprint density at radius 1 is 1.00 bits per heavy atom. The molecule has 3 rings (SSSR count). The predicted molar refractivity (Wildman–Crippen MR) is 95.3 cm³/mol. The van der Waals surface area contributed by atoms with Crippen LogP contribution < -0.4 is 9.47 Å². The van der Waals surface area contributed by atoms with Crippen LogP contribution in [0.5, 0.6) is 11.5 Å². The normalized spacial score (nSPS) is 17.2. The van der Waals surface area contributed by atoms with Crippen molar-refractivity contribution < 1.29 is 14.3 Å². The Hall–Kier alpha value is -2.29. The summed E-state index contributed by atoms with van der Waals surface area (Å²) < 4.78 is 10.8. The third-order valence-corrected chi connectivity index (χ3v) is 5.07. The van der Waals surface area contributed by atoms with Crippen LogP contribution >= 0.6 is 0 Å². The second-order valence-corrected chi connectivity index (χ2v) is 6.52. The van der Waals surface area contributed by atoms with Crippen LogP contribution in [-0.2, 0) is 19.3 Å². The largest absolute Gasteiger partial charge is 0.497 e. The molecule has 1 unspecified atom stereocenters. The van der Waals surface area contributed by atoms with Crippen molar-refractivity contribution in [2.24, 2.45) is 5.92 Å². The molecular formula is C21H24O3. The first-order valence-corrected chi connectivity index (χ1v) is 8.41. The van der Waals surface area contributed by atoms with Gasteiger partial charge in [-0.1, -0.05) is 13.0 Å². The van der Waals surface area contributed by atoms with Crippen molar-refractivity contribution in [3.8, 4) is 11.5 Å². The van der Waals surface area contributed by atoms with Gasteiger partial charge in [0.15, 0.2) is 5.78 Å². The highest BCUT2D eigenvalue weighted by atomic mass is 16.5. The molecule has 2 aromatic rings. The van der Waals surface area contributed by atoms with Crippen molar-refractivity contribution in [2.75, 3.05) is 14.2 Å². The molecule has 0 aliphatic heterocycles. The zero-order valence-electron chi connectivity index (χ0n) is 14.8. The summed E-state index contributed by atoms with van der Waals surface area (Å²) in [5, 5.41) is 0. The first kappa shape index (κ1) is 16.6. The monoisotopic (exact) mass is 324 g/mol. The number of rotatable bonds is 2. The van der Waals surface area contributed by atoms with Gasteiger partial charge < -0.3 is 9.47 Å². The highest BCUT2D eigenvalue weighted by molar-refractivity contribution is 5.99. The van der Waals surface area contributed by atoms with Crippen LogP contribution in [0.1, 0.15) is 39.5 Å². The molecular weight excluding hydrogens is 300 g/mol. The van der Waals surface area contributed by atoms with E-state index in [2.05, 4.69) is 12.1 Å². The van der Waals surface area contributed by atoms with E-state index >= 15 is 0 Å². The van der Waals surface area contributed by atoms with Crippen molar-refractivity contribution in [2.45, 2.75) is 33.1 Å². The number of Topliss-reactive ketones (excluding diaryl/α,β-unsaturated/α-hetero) is 1. The Labute approximate surface area is 143 Å². The summed E-state index contributed by atoms with van der Waals surface area (Å²) >= 11 is 0. The van der Waals surface area contributed by atoms with Crippen LogP contribution in [0.3, 0.4) is 0 Å². The first-order valence-electron chi connectivity index (χ1n) is 8.41. The van der Waals surface area contributed by atoms with Crippen LogP contribution in [0.15, 0.2) is 30.3 Å². The molecule has 2 aromatic carbocycles. The van der Waals surface area contributed by atoms with Crippen LogP contribution in [0.2, 0.25) is 0 Å². The second-order valence-electron chi connectivity index (χ2n) is 6.52. The van der Waals surface area contributed by atoms with Gasteiger partial charge in [0.2, 0.25) is 0 Å². The van der Waals surface area contributed by atoms with Crippen molar-refractivity contribution in [1.29, 1.82) is 0 Å². The van der Waals surface area contributed by atoms with Gasteiger partial charge in [0.1, 0.15) is 11.5 Å². The van der Waals surface area contributed by atoms with E-state index in [1.165, 1.54) is 11.1 Å². The lowest BCUT2D eigenvalue weighted by atomic mass is 9.89. The number of methoxy groups -OCH3 is 2. The van der Waals surface area contributed by atoms with Crippen molar-refractivity contribution in [3.05, 3.63) is 58.1 Å². The number of hydrogen-bond donors (Lipinski definition) is 0. The van der Waals surface area contributed by atoms with Gasteiger partial charge in [0.25, 0.3) is 0 Å². The number of ether oxygens (including phenoxy) is 2. The fourth-order valence-corrected chi connectivity index (χ4v) is 3.62. The maximum Gasteiger partial charge on any atom is 0.166 e.